The number of carbonyl (C=O) groups is 2. The molecule has 120 valence electrons. The second-order valence-corrected chi connectivity index (χ2v) is 5.36. The quantitative estimate of drug-likeness (QED) is 0.847. The molecule has 23 heavy (non-hydrogen) atoms. The number of rotatable bonds is 4. The molecule has 0 aliphatic rings. The smallest absolute Gasteiger partial charge is 0.357 e. The summed E-state index contributed by atoms with van der Waals surface area (Å²) in [4.78, 5) is 27.7. The molecule has 1 aromatic heterocycles. The molecule has 0 saturated carbocycles. The lowest BCUT2D eigenvalue weighted by molar-refractivity contribution is -0.123. The lowest BCUT2D eigenvalue weighted by Crippen LogP contribution is -2.30. The van der Waals surface area contributed by atoms with Crippen LogP contribution < -0.4 is 5.32 Å². The van der Waals surface area contributed by atoms with Gasteiger partial charge in [0.15, 0.2) is 6.10 Å². The fourth-order valence-electron chi connectivity index (χ4n) is 1.62. The first kappa shape index (κ1) is 17.2. The van der Waals surface area contributed by atoms with Crippen molar-refractivity contribution in [2.24, 2.45) is 0 Å². The number of nitrogens with one attached hydrogen (secondary N) is 1. The molecular weight excluding hydrogens is 346 g/mol. The Morgan fingerprint density at radius 2 is 2.00 bits per heavy atom. The van der Waals surface area contributed by atoms with Crippen molar-refractivity contribution in [2.45, 2.75) is 13.0 Å². The molecule has 0 aliphatic heterocycles. The van der Waals surface area contributed by atoms with E-state index in [1.807, 2.05) is 0 Å². The van der Waals surface area contributed by atoms with E-state index < -0.39 is 23.8 Å². The van der Waals surface area contributed by atoms with Gasteiger partial charge in [0.2, 0.25) is 0 Å². The average Bonchev–Trinajstić information content (AvgIpc) is 2.49. The molecule has 0 bridgehead atoms. The topological polar surface area (TPSA) is 68.3 Å². The molecule has 0 aliphatic carbocycles. The van der Waals surface area contributed by atoms with Crippen LogP contribution in [-0.2, 0) is 9.53 Å². The normalized spacial score (nSPS) is 11.7. The van der Waals surface area contributed by atoms with Gasteiger partial charge in [0.25, 0.3) is 5.91 Å². The maximum absolute atomic E-state index is 13.0. The number of benzene rings is 1. The fraction of sp³-hybridized carbons (Fsp3) is 0.133. The summed E-state index contributed by atoms with van der Waals surface area (Å²) < 4.78 is 18.0. The number of esters is 1. The van der Waals surface area contributed by atoms with E-state index >= 15 is 0 Å². The predicted molar refractivity (Wildman–Crippen MR) is 84.2 cm³/mol. The van der Waals surface area contributed by atoms with Crippen LogP contribution in [0.4, 0.5) is 10.1 Å². The van der Waals surface area contributed by atoms with Crippen LogP contribution in [0.25, 0.3) is 0 Å². The first-order valence-corrected chi connectivity index (χ1v) is 7.21. The van der Waals surface area contributed by atoms with Gasteiger partial charge in [-0.3, -0.25) is 4.79 Å². The minimum atomic E-state index is -1.11. The van der Waals surface area contributed by atoms with Crippen molar-refractivity contribution in [2.75, 3.05) is 5.32 Å². The molecule has 2 rings (SSSR count). The van der Waals surface area contributed by atoms with Crippen molar-refractivity contribution in [3.05, 3.63) is 58.1 Å². The Morgan fingerprint density at radius 3 is 2.65 bits per heavy atom. The summed E-state index contributed by atoms with van der Waals surface area (Å²) in [7, 11) is 0. The monoisotopic (exact) mass is 356 g/mol. The van der Waals surface area contributed by atoms with Gasteiger partial charge in [0.1, 0.15) is 11.5 Å². The molecular formula is C15H11Cl2FN2O3. The van der Waals surface area contributed by atoms with Crippen LogP contribution >= 0.6 is 23.2 Å². The number of aromatic nitrogens is 1. The zero-order valence-electron chi connectivity index (χ0n) is 11.8. The van der Waals surface area contributed by atoms with E-state index in [-0.39, 0.29) is 16.4 Å². The summed E-state index contributed by atoms with van der Waals surface area (Å²) in [6, 6.07) is 6.34. The Balaban J connectivity index is 2.01. The van der Waals surface area contributed by atoms with Crippen LogP contribution in [0, 0.1) is 5.82 Å². The fourth-order valence-corrected chi connectivity index (χ4v) is 1.99. The molecule has 0 fully saturated rings. The van der Waals surface area contributed by atoms with Gasteiger partial charge in [0, 0.05) is 11.2 Å². The van der Waals surface area contributed by atoms with E-state index in [9.17, 15) is 14.0 Å². The van der Waals surface area contributed by atoms with Gasteiger partial charge in [-0.15, -0.1) is 0 Å². The van der Waals surface area contributed by atoms with Gasteiger partial charge in [-0.1, -0.05) is 23.2 Å². The number of anilines is 1. The first-order valence-electron chi connectivity index (χ1n) is 6.45. The van der Waals surface area contributed by atoms with Crippen molar-refractivity contribution in [1.82, 2.24) is 4.98 Å². The maximum Gasteiger partial charge on any atom is 0.357 e. The number of hydrogen-bond donors (Lipinski definition) is 1. The zero-order valence-corrected chi connectivity index (χ0v) is 13.4. The molecule has 1 atom stereocenters. The summed E-state index contributed by atoms with van der Waals surface area (Å²) in [6.07, 6.45) is 0.242. The zero-order chi connectivity index (χ0) is 17.0. The van der Waals surface area contributed by atoms with Gasteiger partial charge in [-0.2, -0.15) is 0 Å². The Labute approximate surface area is 141 Å². The highest BCUT2D eigenvalue weighted by Crippen LogP contribution is 2.22. The minimum Gasteiger partial charge on any atom is -0.448 e. The molecule has 1 heterocycles. The number of ether oxygens (including phenoxy) is 1. The lowest BCUT2D eigenvalue weighted by Gasteiger charge is -2.14. The molecule has 0 saturated heterocycles. The van der Waals surface area contributed by atoms with Crippen molar-refractivity contribution in [3.63, 3.8) is 0 Å². The average molecular weight is 357 g/mol. The van der Waals surface area contributed by atoms with E-state index in [1.165, 1.54) is 31.3 Å². The highest BCUT2D eigenvalue weighted by Gasteiger charge is 2.20. The summed E-state index contributed by atoms with van der Waals surface area (Å²) >= 11 is 11.6. The predicted octanol–water partition coefficient (Wildman–Crippen LogP) is 3.71. The molecule has 2 aromatic rings. The molecule has 1 aromatic carbocycles. The van der Waals surface area contributed by atoms with Crippen molar-refractivity contribution in [1.29, 1.82) is 0 Å². The molecule has 8 heteroatoms. The number of hydrogen-bond acceptors (Lipinski definition) is 4. The number of amides is 1. The highest BCUT2D eigenvalue weighted by atomic mass is 35.5. The number of nitrogens with zero attached hydrogens (tertiary/aromatic N) is 1. The van der Waals surface area contributed by atoms with E-state index in [2.05, 4.69) is 10.3 Å². The van der Waals surface area contributed by atoms with Crippen LogP contribution in [0.3, 0.4) is 0 Å². The van der Waals surface area contributed by atoms with E-state index in [0.717, 1.165) is 12.1 Å². The summed E-state index contributed by atoms with van der Waals surface area (Å²) in [6.45, 7) is 1.38. The molecule has 5 nitrogen and oxygen atoms in total. The van der Waals surface area contributed by atoms with Crippen molar-refractivity contribution < 1.29 is 18.7 Å². The molecule has 0 unspecified atom stereocenters. The van der Waals surface area contributed by atoms with Crippen LogP contribution in [0.2, 0.25) is 10.0 Å². The summed E-state index contributed by atoms with van der Waals surface area (Å²) in [5, 5.41) is 2.80. The Morgan fingerprint density at radius 1 is 1.26 bits per heavy atom. The number of pyridine rings is 1. The van der Waals surface area contributed by atoms with Crippen molar-refractivity contribution in [3.8, 4) is 0 Å². The first-order chi connectivity index (χ1) is 10.9. The second kappa shape index (κ2) is 7.39. The Hall–Kier alpha value is -2.18. The Bertz CT molecular complexity index is 755. The van der Waals surface area contributed by atoms with Gasteiger partial charge in [-0.25, -0.2) is 14.2 Å². The van der Waals surface area contributed by atoms with E-state index in [0.29, 0.717) is 5.02 Å². The third kappa shape index (κ3) is 4.64. The maximum atomic E-state index is 13.0. The molecule has 1 amide bonds. The minimum absolute atomic E-state index is 0.0167. The van der Waals surface area contributed by atoms with Crippen LogP contribution in [-0.4, -0.2) is 23.0 Å². The number of halogens is 3. The SMILES string of the molecule is C[C@H](OC(=O)c1cc(Cl)ccn1)C(=O)Nc1ccc(F)cc1Cl. The van der Waals surface area contributed by atoms with Crippen LogP contribution in [0.1, 0.15) is 17.4 Å². The van der Waals surface area contributed by atoms with E-state index in [4.69, 9.17) is 27.9 Å². The van der Waals surface area contributed by atoms with Gasteiger partial charge in [-0.05, 0) is 37.3 Å². The lowest BCUT2D eigenvalue weighted by atomic mass is 10.3. The molecule has 1 N–H and O–H groups in total. The number of carbonyl (C=O) groups excluding carboxylic acids is 2. The van der Waals surface area contributed by atoms with Gasteiger partial charge >= 0.3 is 5.97 Å². The molecule has 0 spiro atoms. The summed E-state index contributed by atoms with van der Waals surface area (Å²) in [5.74, 6) is -1.94. The standard InChI is InChI=1S/C15H11Cl2FN2O3/c1-8(23-15(22)13-6-9(16)4-5-19-13)14(21)20-12-3-2-10(18)7-11(12)17/h2-8H,1H3,(H,20,21)/t8-/m0/s1. The highest BCUT2D eigenvalue weighted by molar-refractivity contribution is 6.33. The molecule has 0 radical (unpaired) electrons. The Kier molecular flexibility index (Phi) is 5.52. The largest absolute Gasteiger partial charge is 0.448 e. The third-order valence-electron chi connectivity index (χ3n) is 2.77. The van der Waals surface area contributed by atoms with Crippen molar-refractivity contribution >= 4 is 40.8 Å². The summed E-state index contributed by atoms with van der Waals surface area (Å²) in [5.41, 5.74) is 0.193. The van der Waals surface area contributed by atoms with Crippen LogP contribution in [0.5, 0.6) is 0 Å². The third-order valence-corrected chi connectivity index (χ3v) is 3.32. The van der Waals surface area contributed by atoms with Crippen LogP contribution in [0.15, 0.2) is 36.5 Å². The van der Waals surface area contributed by atoms with Gasteiger partial charge < -0.3 is 10.1 Å². The van der Waals surface area contributed by atoms with Gasteiger partial charge in [0.05, 0.1) is 10.7 Å². The van der Waals surface area contributed by atoms with E-state index in [1.54, 1.807) is 0 Å². The second-order valence-electron chi connectivity index (χ2n) is 4.52.